The minimum absolute atomic E-state index is 0.549. The fraction of sp³-hybridized carbons (Fsp3) is 0.714. The second kappa shape index (κ2) is 5.38. The molecule has 0 heteroatoms. The molecule has 0 aromatic heterocycles. The van der Waals surface area contributed by atoms with E-state index in [0.717, 1.165) is 0 Å². The van der Waals surface area contributed by atoms with Crippen LogP contribution in [0.25, 0.3) is 0 Å². The lowest BCUT2D eigenvalue weighted by atomic mass is 9.68. The molecular formula is C14H24. The van der Waals surface area contributed by atoms with Gasteiger partial charge in [0.05, 0.1) is 0 Å². The van der Waals surface area contributed by atoms with Gasteiger partial charge >= 0.3 is 0 Å². The van der Waals surface area contributed by atoms with Crippen molar-refractivity contribution in [1.82, 2.24) is 0 Å². The van der Waals surface area contributed by atoms with E-state index in [0.29, 0.717) is 11.3 Å². The molecule has 0 radical (unpaired) electrons. The first-order chi connectivity index (χ1) is 6.79. The average molecular weight is 192 g/mol. The molecule has 0 amide bonds. The van der Waals surface area contributed by atoms with E-state index in [1.165, 1.54) is 32.1 Å². The summed E-state index contributed by atoms with van der Waals surface area (Å²) in [6.45, 7) is 6.97. The zero-order valence-electron chi connectivity index (χ0n) is 9.92. The summed E-state index contributed by atoms with van der Waals surface area (Å²) < 4.78 is 0. The lowest BCUT2D eigenvalue weighted by Gasteiger charge is -2.37. The van der Waals surface area contributed by atoms with E-state index < -0.39 is 0 Å². The largest absolute Gasteiger partial charge is 0.0771 e. The second-order valence-electron chi connectivity index (χ2n) is 4.51. The zero-order chi connectivity index (χ0) is 10.4. The van der Waals surface area contributed by atoms with Gasteiger partial charge in [0, 0.05) is 5.92 Å². The number of rotatable bonds is 6. The highest BCUT2D eigenvalue weighted by molar-refractivity contribution is 5.21. The third kappa shape index (κ3) is 2.29. The molecule has 0 bridgehead atoms. The van der Waals surface area contributed by atoms with Gasteiger partial charge in [-0.15, -0.1) is 0 Å². The monoisotopic (exact) mass is 192 g/mol. The summed E-state index contributed by atoms with van der Waals surface area (Å²) in [7, 11) is 0. The summed E-state index contributed by atoms with van der Waals surface area (Å²) in [4.78, 5) is 0. The molecule has 0 nitrogen and oxygen atoms in total. The summed E-state index contributed by atoms with van der Waals surface area (Å²) in [6.07, 6.45) is 15.9. The lowest BCUT2D eigenvalue weighted by molar-refractivity contribution is 0.180. The molecule has 0 N–H and O–H groups in total. The minimum Gasteiger partial charge on any atom is -0.0771 e. The molecule has 0 unspecified atom stereocenters. The van der Waals surface area contributed by atoms with Crippen LogP contribution in [0.4, 0.5) is 0 Å². The van der Waals surface area contributed by atoms with Gasteiger partial charge in [-0.05, 0) is 24.7 Å². The Balaban J connectivity index is 2.75. The maximum atomic E-state index is 2.38. The molecule has 0 saturated heterocycles. The molecule has 0 aromatic rings. The number of hydrogen-bond donors (Lipinski definition) is 0. The SMILES string of the molecule is CCCC(CC)(CCC)C1C=CC=C1. The Bertz CT molecular complexity index is 192. The Labute approximate surface area is 89.1 Å². The molecule has 0 saturated carbocycles. The third-order valence-electron chi connectivity index (χ3n) is 3.66. The third-order valence-corrected chi connectivity index (χ3v) is 3.66. The molecule has 0 heterocycles. The van der Waals surface area contributed by atoms with E-state index in [4.69, 9.17) is 0 Å². The minimum atomic E-state index is 0.549. The Morgan fingerprint density at radius 1 is 0.929 bits per heavy atom. The summed E-state index contributed by atoms with van der Waals surface area (Å²) in [5.74, 6) is 0.701. The first-order valence-electron chi connectivity index (χ1n) is 6.14. The molecule has 0 aliphatic heterocycles. The van der Waals surface area contributed by atoms with Gasteiger partial charge in [0.2, 0.25) is 0 Å². The average Bonchev–Trinajstić information content (AvgIpc) is 2.70. The Kier molecular flexibility index (Phi) is 4.44. The van der Waals surface area contributed by atoms with E-state index in [1.807, 2.05) is 0 Å². The van der Waals surface area contributed by atoms with Crippen molar-refractivity contribution in [3.8, 4) is 0 Å². The Morgan fingerprint density at radius 3 is 1.79 bits per heavy atom. The van der Waals surface area contributed by atoms with Crippen molar-refractivity contribution in [3.63, 3.8) is 0 Å². The predicted molar refractivity (Wildman–Crippen MR) is 64.3 cm³/mol. The van der Waals surface area contributed by atoms with Crippen LogP contribution in [-0.2, 0) is 0 Å². The predicted octanol–water partition coefficient (Wildman–Crippen LogP) is 4.73. The van der Waals surface area contributed by atoms with Gasteiger partial charge in [0.15, 0.2) is 0 Å². The van der Waals surface area contributed by atoms with Crippen molar-refractivity contribution in [2.24, 2.45) is 11.3 Å². The highest BCUT2D eigenvalue weighted by Gasteiger charge is 2.33. The van der Waals surface area contributed by atoms with Crippen LogP contribution in [0.3, 0.4) is 0 Å². The molecule has 1 aliphatic rings. The molecule has 0 spiro atoms. The molecule has 0 aromatic carbocycles. The first-order valence-corrected chi connectivity index (χ1v) is 6.14. The van der Waals surface area contributed by atoms with Crippen molar-refractivity contribution in [1.29, 1.82) is 0 Å². The molecule has 14 heavy (non-hydrogen) atoms. The van der Waals surface area contributed by atoms with E-state index in [9.17, 15) is 0 Å². The van der Waals surface area contributed by atoms with Crippen molar-refractivity contribution < 1.29 is 0 Å². The topological polar surface area (TPSA) is 0 Å². The van der Waals surface area contributed by atoms with Crippen LogP contribution in [0.2, 0.25) is 0 Å². The van der Waals surface area contributed by atoms with Crippen LogP contribution >= 0.6 is 0 Å². The molecular weight excluding hydrogens is 168 g/mol. The van der Waals surface area contributed by atoms with Gasteiger partial charge in [-0.2, -0.15) is 0 Å². The highest BCUT2D eigenvalue weighted by atomic mass is 14.4. The van der Waals surface area contributed by atoms with Gasteiger partial charge in [-0.25, -0.2) is 0 Å². The van der Waals surface area contributed by atoms with Crippen molar-refractivity contribution >= 4 is 0 Å². The van der Waals surface area contributed by atoms with E-state index in [2.05, 4.69) is 45.1 Å². The van der Waals surface area contributed by atoms with E-state index in [-0.39, 0.29) is 0 Å². The van der Waals surface area contributed by atoms with Gasteiger partial charge in [-0.1, -0.05) is 57.9 Å². The van der Waals surface area contributed by atoms with Crippen LogP contribution in [0.15, 0.2) is 24.3 Å². The number of allylic oxidation sites excluding steroid dienone is 4. The van der Waals surface area contributed by atoms with Gasteiger partial charge in [0.25, 0.3) is 0 Å². The highest BCUT2D eigenvalue weighted by Crippen LogP contribution is 2.43. The standard InChI is InChI=1S/C14H24/c1-4-11-14(6-3,12-5-2)13-9-7-8-10-13/h7-10,13H,4-6,11-12H2,1-3H3. The van der Waals surface area contributed by atoms with Crippen LogP contribution in [0.1, 0.15) is 52.9 Å². The van der Waals surface area contributed by atoms with Crippen LogP contribution < -0.4 is 0 Å². The van der Waals surface area contributed by atoms with Gasteiger partial charge in [0.1, 0.15) is 0 Å². The van der Waals surface area contributed by atoms with Crippen LogP contribution in [0.5, 0.6) is 0 Å². The molecule has 1 rings (SSSR count). The Hall–Kier alpha value is -0.520. The van der Waals surface area contributed by atoms with E-state index in [1.54, 1.807) is 0 Å². The maximum Gasteiger partial charge on any atom is 0.000916 e. The lowest BCUT2D eigenvalue weighted by Crippen LogP contribution is -2.27. The van der Waals surface area contributed by atoms with Gasteiger partial charge < -0.3 is 0 Å². The quantitative estimate of drug-likeness (QED) is 0.571. The molecule has 0 fully saturated rings. The summed E-state index contributed by atoms with van der Waals surface area (Å²) in [5.41, 5.74) is 0.549. The summed E-state index contributed by atoms with van der Waals surface area (Å²) >= 11 is 0. The molecule has 0 atom stereocenters. The normalized spacial score (nSPS) is 16.8. The fourth-order valence-corrected chi connectivity index (χ4v) is 2.88. The van der Waals surface area contributed by atoms with Crippen LogP contribution in [-0.4, -0.2) is 0 Å². The molecule has 1 aliphatic carbocycles. The molecule has 80 valence electrons. The summed E-state index contributed by atoms with van der Waals surface area (Å²) in [5, 5.41) is 0. The van der Waals surface area contributed by atoms with E-state index >= 15 is 0 Å². The smallest absolute Gasteiger partial charge is 0.000916 e. The fourth-order valence-electron chi connectivity index (χ4n) is 2.88. The van der Waals surface area contributed by atoms with Crippen molar-refractivity contribution in [2.45, 2.75) is 52.9 Å². The maximum absolute atomic E-state index is 2.38. The first kappa shape index (κ1) is 11.6. The zero-order valence-corrected chi connectivity index (χ0v) is 9.92. The summed E-state index contributed by atoms with van der Waals surface area (Å²) in [6, 6.07) is 0. The Morgan fingerprint density at radius 2 is 1.43 bits per heavy atom. The number of hydrogen-bond acceptors (Lipinski definition) is 0. The van der Waals surface area contributed by atoms with Gasteiger partial charge in [-0.3, -0.25) is 0 Å². The second-order valence-corrected chi connectivity index (χ2v) is 4.51. The van der Waals surface area contributed by atoms with Crippen molar-refractivity contribution in [3.05, 3.63) is 24.3 Å². The van der Waals surface area contributed by atoms with Crippen LogP contribution in [0, 0.1) is 11.3 Å². The van der Waals surface area contributed by atoms with Crippen molar-refractivity contribution in [2.75, 3.05) is 0 Å².